The maximum absolute atomic E-state index is 12.4. The van der Waals surface area contributed by atoms with Gasteiger partial charge in [-0.15, -0.1) is 0 Å². The summed E-state index contributed by atoms with van der Waals surface area (Å²) in [5.41, 5.74) is 8.09. The first kappa shape index (κ1) is 25.5. The van der Waals surface area contributed by atoms with Gasteiger partial charge in [0.25, 0.3) is 0 Å². The standard InChI is InChI=1S/C26H30N6O3/c27-26(35)23(16-20-8-2-1-3-9-20)31-25(34)17-30-24(33)12-15-32(18-21-10-4-6-13-28-21)19-22-11-5-7-14-29-22/h1-11,13-14,23H,12,15-19H2,(H2,27,35)(H,30,33)(H,31,34)/t23-/m0/s1. The molecular weight excluding hydrogens is 444 g/mol. The van der Waals surface area contributed by atoms with E-state index >= 15 is 0 Å². The van der Waals surface area contributed by atoms with Crippen LogP contribution in [0, 0.1) is 0 Å². The SMILES string of the molecule is NC(=O)[C@H](Cc1ccccc1)NC(=O)CNC(=O)CCN(Cc1ccccn1)Cc1ccccn1. The number of carbonyl (C=O) groups excluding carboxylic acids is 3. The molecule has 4 N–H and O–H groups in total. The summed E-state index contributed by atoms with van der Waals surface area (Å²) in [5.74, 6) is -1.38. The molecule has 1 aromatic carbocycles. The van der Waals surface area contributed by atoms with Crippen molar-refractivity contribution in [3.05, 3.63) is 96.1 Å². The van der Waals surface area contributed by atoms with Gasteiger partial charge in [0.15, 0.2) is 0 Å². The lowest BCUT2D eigenvalue weighted by Crippen LogP contribution is -2.49. The fourth-order valence-electron chi connectivity index (χ4n) is 3.50. The van der Waals surface area contributed by atoms with E-state index in [0.717, 1.165) is 17.0 Å². The molecule has 0 saturated heterocycles. The van der Waals surface area contributed by atoms with Crippen LogP contribution in [-0.4, -0.2) is 51.7 Å². The van der Waals surface area contributed by atoms with Gasteiger partial charge in [-0.1, -0.05) is 42.5 Å². The Morgan fingerprint density at radius 1 is 0.829 bits per heavy atom. The van der Waals surface area contributed by atoms with Crippen LogP contribution >= 0.6 is 0 Å². The van der Waals surface area contributed by atoms with E-state index in [-0.39, 0.29) is 25.3 Å². The van der Waals surface area contributed by atoms with Gasteiger partial charge in [0, 0.05) is 44.9 Å². The summed E-state index contributed by atoms with van der Waals surface area (Å²) in [4.78, 5) is 47.3. The second-order valence-corrected chi connectivity index (χ2v) is 8.09. The van der Waals surface area contributed by atoms with E-state index in [0.29, 0.717) is 19.6 Å². The molecular formula is C26H30N6O3. The third-order valence-corrected chi connectivity index (χ3v) is 5.29. The van der Waals surface area contributed by atoms with Crippen molar-refractivity contribution < 1.29 is 14.4 Å². The predicted octanol–water partition coefficient (Wildman–Crippen LogP) is 1.20. The Balaban J connectivity index is 1.48. The summed E-state index contributed by atoms with van der Waals surface area (Å²) in [7, 11) is 0. The molecule has 0 aliphatic carbocycles. The predicted molar refractivity (Wildman–Crippen MR) is 131 cm³/mol. The van der Waals surface area contributed by atoms with E-state index in [1.54, 1.807) is 12.4 Å². The van der Waals surface area contributed by atoms with Crippen LogP contribution in [0.5, 0.6) is 0 Å². The van der Waals surface area contributed by atoms with Crippen LogP contribution < -0.4 is 16.4 Å². The van der Waals surface area contributed by atoms with Gasteiger partial charge < -0.3 is 16.4 Å². The molecule has 1 atom stereocenters. The van der Waals surface area contributed by atoms with Gasteiger partial charge in [-0.05, 0) is 29.8 Å². The molecule has 0 spiro atoms. The first-order chi connectivity index (χ1) is 17.0. The largest absolute Gasteiger partial charge is 0.368 e. The molecule has 0 saturated carbocycles. The topological polar surface area (TPSA) is 130 Å². The van der Waals surface area contributed by atoms with Gasteiger partial charge in [0.2, 0.25) is 17.7 Å². The van der Waals surface area contributed by atoms with Crippen molar-refractivity contribution >= 4 is 17.7 Å². The van der Waals surface area contributed by atoms with Gasteiger partial charge >= 0.3 is 0 Å². The zero-order valence-corrected chi connectivity index (χ0v) is 19.5. The smallest absolute Gasteiger partial charge is 0.240 e. The Morgan fingerprint density at radius 3 is 1.97 bits per heavy atom. The van der Waals surface area contributed by atoms with Crippen LogP contribution in [0.3, 0.4) is 0 Å². The summed E-state index contributed by atoms with van der Waals surface area (Å²) in [6.45, 7) is 1.34. The number of carbonyl (C=O) groups is 3. The number of nitrogens with one attached hydrogen (secondary N) is 2. The lowest BCUT2D eigenvalue weighted by Gasteiger charge is -2.21. The summed E-state index contributed by atoms with van der Waals surface area (Å²) < 4.78 is 0. The van der Waals surface area contributed by atoms with Crippen LogP contribution in [-0.2, 0) is 33.9 Å². The molecule has 3 amide bonds. The fraction of sp³-hybridized carbons (Fsp3) is 0.269. The third-order valence-electron chi connectivity index (χ3n) is 5.29. The van der Waals surface area contributed by atoms with Crippen molar-refractivity contribution in [3.63, 3.8) is 0 Å². The summed E-state index contributed by atoms with van der Waals surface area (Å²) >= 11 is 0. The molecule has 0 fully saturated rings. The first-order valence-electron chi connectivity index (χ1n) is 11.4. The average molecular weight is 475 g/mol. The quantitative estimate of drug-likeness (QED) is 0.341. The number of hydrogen-bond acceptors (Lipinski definition) is 6. The van der Waals surface area contributed by atoms with E-state index < -0.39 is 17.9 Å². The highest BCUT2D eigenvalue weighted by molar-refractivity contribution is 5.89. The van der Waals surface area contributed by atoms with Gasteiger partial charge in [-0.2, -0.15) is 0 Å². The highest BCUT2D eigenvalue weighted by Crippen LogP contribution is 2.08. The summed E-state index contributed by atoms with van der Waals surface area (Å²) in [6, 6.07) is 19.8. The lowest BCUT2D eigenvalue weighted by atomic mass is 10.1. The number of rotatable bonds is 13. The molecule has 0 radical (unpaired) electrons. The summed E-state index contributed by atoms with van der Waals surface area (Å²) in [6.07, 6.45) is 3.94. The van der Waals surface area contributed by atoms with Crippen molar-refractivity contribution in [2.45, 2.75) is 32.0 Å². The number of nitrogens with zero attached hydrogens (tertiary/aromatic N) is 3. The molecule has 182 valence electrons. The van der Waals surface area contributed by atoms with Crippen LogP contribution in [0.2, 0.25) is 0 Å². The van der Waals surface area contributed by atoms with E-state index in [2.05, 4.69) is 25.5 Å². The van der Waals surface area contributed by atoms with Crippen molar-refractivity contribution in [1.82, 2.24) is 25.5 Å². The van der Waals surface area contributed by atoms with Crippen molar-refractivity contribution in [2.24, 2.45) is 5.73 Å². The molecule has 0 aliphatic rings. The van der Waals surface area contributed by atoms with E-state index in [1.165, 1.54) is 0 Å². The van der Waals surface area contributed by atoms with Crippen LogP contribution in [0.4, 0.5) is 0 Å². The molecule has 0 bridgehead atoms. The molecule has 35 heavy (non-hydrogen) atoms. The Kier molecular flexibility index (Phi) is 9.89. The van der Waals surface area contributed by atoms with Crippen molar-refractivity contribution in [1.29, 1.82) is 0 Å². The number of benzene rings is 1. The second-order valence-electron chi connectivity index (χ2n) is 8.09. The highest BCUT2D eigenvalue weighted by atomic mass is 16.2. The maximum atomic E-state index is 12.4. The molecule has 2 heterocycles. The minimum atomic E-state index is -0.853. The van der Waals surface area contributed by atoms with Crippen molar-refractivity contribution in [3.8, 4) is 0 Å². The van der Waals surface area contributed by atoms with Gasteiger partial charge in [-0.3, -0.25) is 29.3 Å². The Bertz CT molecular complexity index is 1040. The maximum Gasteiger partial charge on any atom is 0.240 e. The minimum absolute atomic E-state index is 0.191. The number of amides is 3. The Morgan fingerprint density at radius 2 is 1.43 bits per heavy atom. The van der Waals surface area contributed by atoms with E-state index in [4.69, 9.17) is 5.73 Å². The van der Waals surface area contributed by atoms with Crippen molar-refractivity contribution in [2.75, 3.05) is 13.1 Å². The van der Waals surface area contributed by atoms with Crippen LogP contribution in [0.25, 0.3) is 0 Å². The molecule has 0 unspecified atom stereocenters. The molecule has 9 nitrogen and oxygen atoms in total. The first-order valence-corrected chi connectivity index (χ1v) is 11.4. The normalized spacial score (nSPS) is 11.6. The highest BCUT2D eigenvalue weighted by Gasteiger charge is 2.19. The van der Waals surface area contributed by atoms with Crippen LogP contribution in [0.15, 0.2) is 79.1 Å². The Labute approximate surface area is 204 Å². The number of primary amides is 1. The monoisotopic (exact) mass is 474 g/mol. The number of hydrogen-bond donors (Lipinski definition) is 3. The third kappa shape index (κ3) is 9.34. The molecule has 3 rings (SSSR count). The van der Waals surface area contributed by atoms with E-state index in [1.807, 2.05) is 66.7 Å². The molecule has 9 heteroatoms. The zero-order chi connectivity index (χ0) is 24.9. The summed E-state index contributed by atoms with van der Waals surface area (Å²) in [5, 5.41) is 5.21. The molecule has 2 aromatic heterocycles. The number of nitrogens with two attached hydrogens (primary N) is 1. The lowest BCUT2D eigenvalue weighted by molar-refractivity contribution is -0.128. The number of pyridine rings is 2. The van der Waals surface area contributed by atoms with Crippen LogP contribution in [0.1, 0.15) is 23.4 Å². The Hall–Kier alpha value is -4.11. The van der Waals surface area contributed by atoms with Gasteiger partial charge in [0.05, 0.1) is 17.9 Å². The van der Waals surface area contributed by atoms with Gasteiger partial charge in [-0.25, -0.2) is 0 Å². The van der Waals surface area contributed by atoms with Gasteiger partial charge in [0.1, 0.15) is 6.04 Å². The number of aromatic nitrogens is 2. The molecule has 3 aromatic rings. The second kappa shape index (κ2) is 13.6. The minimum Gasteiger partial charge on any atom is -0.368 e. The fourth-order valence-corrected chi connectivity index (χ4v) is 3.50. The average Bonchev–Trinajstić information content (AvgIpc) is 2.87. The molecule has 0 aliphatic heterocycles. The van der Waals surface area contributed by atoms with E-state index in [9.17, 15) is 14.4 Å². The zero-order valence-electron chi connectivity index (χ0n) is 19.5.